The molecular formula is C19H24N8. The highest BCUT2D eigenvalue weighted by atomic mass is 15.4. The van der Waals surface area contributed by atoms with Gasteiger partial charge in [0.25, 0.3) is 5.78 Å². The van der Waals surface area contributed by atoms with Gasteiger partial charge in [0.15, 0.2) is 0 Å². The molecule has 1 aliphatic carbocycles. The fourth-order valence-corrected chi connectivity index (χ4v) is 3.79. The largest absolute Gasteiger partial charge is 0.353 e. The molecule has 8 nitrogen and oxygen atoms in total. The summed E-state index contributed by atoms with van der Waals surface area (Å²) in [7, 11) is 0. The molecule has 2 aliphatic rings. The Morgan fingerprint density at radius 2 is 1.67 bits per heavy atom. The van der Waals surface area contributed by atoms with E-state index in [0.29, 0.717) is 11.7 Å². The Kier molecular flexibility index (Phi) is 3.73. The summed E-state index contributed by atoms with van der Waals surface area (Å²) in [4.78, 5) is 23.0. The first kappa shape index (κ1) is 16.4. The highest BCUT2D eigenvalue weighted by Gasteiger charge is 2.28. The van der Waals surface area contributed by atoms with E-state index in [0.717, 1.165) is 60.6 Å². The number of hydrogen-bond acceptors (Lipinski definition) is 7. The lowest BCUT2D eigenvalue weighted by molar-refractivity contribution is 0.628. The van der Waals surface area contributed by atoms with Crippen molar-refractivity contribution in [3.63, 3.8) is 0 Å². The Balaban J connectivity index is 1.40. The van der Waals surface area contributed by atoms with Crippen molar-refractivity contribution >= 4 is 17.4 Å². The highest BCUT2D eigenvalue weighted by Crippen LogP contribution is 2.38. The van der Waals surface area contributed by atoms with Crippen molar-refractivity contribution in [1.29, 1.82) is 0 Å². The fourth-order valence-electron chi connectivity index (χ4n) is 3.79. The maximum atomic E-state index is 4.85. The Bertz CT molecular complexity index is 998. The average Bonchev–Trinajstić information content (AvgIpc) is 3.42. The summed E-state index contributed by atoms with van der Waals surface area (Å²) in [5.41, 5.74) is 3.23. The molecule has 0 unspecified atom stereocenters. The first-order valence-electron chi connectivity index (χ1n) is 9.62. The molecule has 0 aromatic carbocycles. The second-order valence-corrected chi connectivity index (χ2v) is 7.59. The zero-order valence-corrected chi connectivity index (χ0v) is 16.1. The minimum Gasteiger partial charge on any atom is -0.353 e. The molecule has 1 saturated heterocycles. The Morgan fingerprint density at radius 3 is 2.41 bits per heavy atom. The topological polar surface area (TPSA) is 75.3 Å². The van der Waals surface area contributed by atoms with Gasteiger partial charge < -0.3 is 9.80 Å². The lowest BCUT2D eigenvalue weighted by atomic mass is 10.2. The molecule has 2 fully saturated rings. The van der Waals surface area contributed by atoms with Gasteiger partial charge in [-0.3, -0.25) is 0 Å². The monoisotopic (exact) mass is 364 g/mol. The van der Waals surface area contributed by atoms with Crippen LogP contribution >= 0.6 is 0 Å². The van der Waals surface area contributed by atoms with Gasteiger partial charge in [-0.2, -0.15) is 14.6 Å². The van der Waals surface area contributed by atoms with E-state index in [2.05, 4.69) is 49.8 Å². The second kappa shape index (κ2) is 6.14. The van der Waals surface area contributed by atoms with Crippen LogP contribution in [0.15, 0.2) is 12.4 Å². The van der Waals surface area contributed by atoms with Crippen LogP contribution in [0.25, 0.3) is 5.78 Å². The molecular weight excluding hydrogens is 340 g/mol. The molecule has 0 bridgehead atoms. The number of rotatable bonds is 3. The van der Waals surface area contributed by atoms with Gasteiger partial charge in [0.2, 0.25) is 0 Å². The van der Waals surface area contributed by atoms with Crippen molar-refractivity contribution in [1.82, 2.24) is 29.5 Å². The Hall–Kier alpha value is -2.77. The van der Waals surface area contributed by atoms with Gasteiger partial charge >= 0.3 is 0 Å². The summed E-state index contributed by atoms with van der Waals surface area (Å²) in [6, 6.07) is 2.11. The smallest absolute Gasteiger partial charge is 0.254 e. The van der Waals surface area contributed by atoms with E-state index < -0.39 is 0 Å². The van der Waals surface area contributed by atoms with E-state index in [1.165, 1.54) is 12.8 Å². The van der Waals surface area contributed by atoms with E-state index in [1.54, 1.807) is 6.33 Å². The fraction of sp³-hybridized carbons (Fsp3) is 0.526. The number of piperazine rings is 1. The van der Waals surface area contributed by atoms with E-state index >= 15 is 0 Å². The van der Waals surface area contributed by atoms with Crippen LogP contribution in [0.2, 0.25) is 0 Å². The van der Waals surface area contributed by atoms with Gasteiger partial charge in [-0.1, -0.05) is 0 Å². The number of anilines is 2. The van der Waals surface area contributed by atoms with Gasteiger partial charge in [0.1, 0.15) is 23.8 Å². The van der Waals surface area contributed by atoms with Crippen molar-refractivity contribution < 1.29 is 0 Å². The van der Waals surface area contributed by atoms with Crippen molar-refractivity contribution in [2.45, 2.75) is 39.5 Å². The summed E-state index contributed by atoms with van der Waals surface area (Å²) in [6.45, 7) is 9.91. The van der Waals surface area contributed by atoms with Crippen LogP contribution in [0.4, 0.5) is 11.6 Å². The number of hydrogen-bond donors (Lipinski definition) is 0. The molecule has 0 spiro atoms. The zero-order chi connectivity index (χ0) is 18.5. The van der Waals surface area contributed by atoms with Crippen LogP contribution in [-0.2, 0) is 0 Å². The lowest BCUT2D eigenvalue weighted by Gasteiger charge is -2.37. The predicted molar refractivity (Wildman–Crippen MR) is 103 cm³/mol. The van der Waals surface area contributed by atoms with Crippen LogP contribution in [-0.4, -0.2) is 55.7 Å². The van der Waals surface area contributed by atoms with Crippen LogP contribution in [0.1, 0.15) is 41.5 Å². The molecule has 0 radical (unpaired) electrons. The van der Waals surface area contributed by atoms with Crippen LogP contribution in [0.5, 0.6) is 0 Å². The van der Waals surface area contributed by atoms with Gasteiger partial charge in [0.05, 0.1) is 0 Å². The van der Waals surface area contributed by atoms with Crippen LogP contribution in [0, 0.1) is 20.8 Å². The van der Waals surface area contributed by atoms with Gasteiger partial charge in [-0.05, 0) is 33.6 Å². The molecule has 140 valence electrons. The summed E-state index contributed by atoms with van der Waals surface area (Å²) in [5, 5.41) is 4.39. The van der Waals surface area contributed by atoms with Crippen molar-refractivity contribution in [3.05, 3.63) is 35.2 Å². The summed E-state index contributed by atoms with van der Waals surface area (Å²) in [5.74, 6) is 4.44. The third kappa shape index (κ3) is 2.89. The first-order chi connectivity index (χ1) is 13.1. The molecule has 3 aromatic rings. The molecule has 0 atom stereocenters. The SMILES string of the molecule is Cc1cc(N2CCN(c3c(C)c(C)nc4ncnn34)CC2)nc(C2CC2)n1. The van der Waals surface area contributed by atoms with E-state index in [-0.39, 0.29) is 0 Å². The maximum Gasteiger partial charge on any atom is 0.254 e. The number of fused-ring (bicyclic) bond motifs is 1. The number of nitrogens with zero attached hydrogens (tertiary/aromatic N) is 8. The summed E-state index contributed by atoms with van der Waals surface area (Å²) in [6.07, 6.45) is 4.03. The molecule has 0 N–H and O–H groups in total. The minimum atomic E-state index is 0.577. The van der Waals surface area contributed by atoms with Gasteiger partial charge in [0, 0.05) is 55.1 Å². The minimum absolute atomic E-state index is 0.577. The molecule has 8 heteroatoms. The van der Waals surface area contributed by atoms with E-state index in [1.807, 2.05) is 11.4 Å². The van der Waals surface area contributed by atoms with Gasteiger partial charge in [-0.15, -0.1) is 0 Å². The standard InChI is InChI=1S/C19H24N8/c1-12-10-16(24-17(22-12)15-4-5-15)25-6-8-26(9-7-25)18-13(2)14(3)23-19-20-11-21-27(18)19/h10-11,15H,4-9H2,1-3H3. The maximum absolute atomic E-state index is 4.85. The Morgan fingerprint density at radius 1 is 0.926 bits per heavy atom. The number of aryl methyl sites for hydroxylation is 2. The molecule has 0 amide bonds. The summed E-state index contributed by atoms with van der Waals surface area (Å²) >= 11 is 0. The quantitative estimate of drug-likeness (QED) is 0.704. The predicted octanol–water partition coefficient (Wildman–Crippen LogP) is 2.04. The van der Waals surface area contributed by atoms with Crippen molar-refractivity contribution in [3.8, 4) is 0 Å². The molecule has 1 saturated carbocycles. The lowest BCUT2D eigenvalue weighted by Crippen LogP contribution is -2.47. The molecule has 27 heavy (non-hydrogen) atoms. The van der Waals surface area contributed by atoms with Crippen molar-refractivity contribution in [2.75, 3.05) is 36.0 Å². The van der Waals surface area contributed by atoms with Crippen molar-refractivity contribution in [2.24, 2.45) is 0 Å². The Labute approximate surface area is 158 Å². The van der Waals surface area contributed by atoms with Gasteiger partial charge in [-0.25, -0.2) is 15.0 Å². The third-order valence-electron chi connectivity index (χ3n) is 5.58. The van der Waals surface area contributed by atoms with Crippen LogP contribution in [0.3, 0.4) is 0 Å². The normalized spacial score (nSPS) is 17.7. The molecule has 1 aliphatic heterocycles. The second-order valence-electron chi connectivity index (χ2n) is 7.59. The molecule has 3 aromatic heterocycles. The van der Waals surface area contributed by atoms with E-state index in [4.69, 9.17) is 4.98 Å². The average molecular weight is 364 g/mol. The third-order valence-corrected chi connectivity index (χ3v) is 5.58. The zero-order valence-electron chi connectivity index (χ0n) is 16.1. The summed E-state index contributed by atoms with van der Waals surface area (Å²) < 4.78 is 1.86. The van der Waals surface area contributed by atoms with E-state index in [9.17, 15) is 0 Å². The number of aromatic nitrogens is 6. The van der Waals surface area contributed by atoms with Crippen LogP contribution < -0.4 is 9.80 Å². The molecule has 5 rings (SSSR count). The highest BCUT2D eigenvalue weighted by molar-refractivity contribution is 5.55. The first-order valence-corrected chi connectivity index (χ1v) is 9.62. The molecule has 4 heterocycles.